The third-order valence-corrected chi connectivity index (χ3v) is 5.24. The van der Waals surface area contributed by atoms with Gasteiger partial charge in [0, 0.05) is 46.3 Å². The van der Waals surface area contributed by atoms with Crippen molar-refractivity contribution in [1.82, 2.24) is 9.88 Å². The zero-order valence-corrected chi connectivity index (χ0v) is 14.1. The highest BCUT2D eigenvalue weighted by Gasteiger charge is 2.09. The molecule has 0 radical (unpaired) electrons. The largest absolute Gasteiger partial charge is 0.341 e. The Balaban J connectivity index is 1.66. The molecule has 0 aliphatic carbocycles. The Morgan fingerprint density at radius 1 is 0.913 bits per heavy atom. The van der Waals surface area contributed by atoms with Gasteiger partial charge in [-0.3, -0.25) is 0 Å². The second-order valence-corrected chi connectivity index (χ2v) is 6.83. The lowest BCUT2D eigenvalue weighted by atomic mass is 10.1. The first kappa shape index (κ1) is 14.5. The minimum Gasteiger partial charge on any atom is -0.341 e. The van der Waals surface area contributed by atoms with E-state index in [1.54, 1.807) is 11.3 Å². The van der Waals surface area contributed by atoms with Gasteiger partial charge in [-0.1, -0.05) is 30.3 Å². The molecule has 3 heteroatoms. The van der Waals surface area contributed by atoms with E-state index in [0.717, 1.165) is 19.6 Å². The van der Waals surface area contributed by atoms with Crippen molar-refractivity contribution in [3.05, 3.63) is 70.4 Å². The number of fused-ring (bicyclic) bond motifs is 3. The Morgan fingerprint density at radius 2 is 1.78 bits per heavy atom. The van der Waals surface area contributed by atoms with Crippen LogP contribution in [-0.4, -0.2) is 4.57 Å². The third-order valence-electron chi connectivity index (χ3n) is 4.36. The van der Waals surface area contributed by atoms with E-state index in [2.05, 4.69) is 76.8 Å². The number of hydrogen-bond donors (Lipinski definition) is 1. The molecule has 23 heavy (non-hydrogen) atoms. The smallest absolute Gasteiger partial charge is 0.0491 e. The molecule has 0 atom stereocenters. The van der Waals surface area contributed by atoms with Gasteiger partial charge in [0.25, 0.3) is 0 Å². The van der Waals surface area contributed by atoms with E-state index in [9.17, 15) is 0 Å². The van der Waals surface area contributed by atoms with E-state index in [1.807, 2.05) is 0 Å². The minimum atomic E-state index is 0.902. The van der Waals surface area contributed by atoms with Crippen molar-refractivity contribution in [2.24, 2.45) is 0 Å². The number of nitrogens with zero attached hydrogens (tertiary/aromatic N) is 1. The van der Waals surface area contributed by atoms with Gasteiger partial charge in [-0.05, 0) is 42.1 Å². The average molecular weight is 320 g/mol. The zero-order valence-electron chi connectivity index (χ0n) is 13.3. The first-order valence-corrected chi connectivity index (χ1v) is 8.97. The summed E-state index contributed by atoms with van der Waals surface area (Å²) < 4.78 is 2.40. The summed E-state index contributed by atoms with van der Waals surface area (Å²) in [4.78, 5) is 1.38. The first-order chi connectivity index (χ1) is 11.4. The second-order valence-electron chi connectivity index (χ2n) is 5.80. The van der Waals surface area contributed by atoms with Crippen LogP contribution in [-0.2, 0) is 19.6 Å². The molecule has 0 bridgehead atoms. The molecule has 0 saturated carbocycles. The SMILES string of the molecule is CCn1c2ccccc2c2cc(CNCc3cccs3)ccc21. The van der Waals surface area contributed by atoms with Crippen LogP contribution in [0.1, 0.15) is 17.4 Å². The average Bonchev–Trinajstić information content (AvgIpc) is 3.20. The van der Waals surface area contributed by atoms with Crippen LogP contribution in [0.5, 0.6) is 0 Å². The van der Waals surface area contributed by atoms with Crippen LogP contribution in [0.25, 0.3) is 21.8 Å². The van der Waals surface area contributed by atoms with E-state index in [4.69, 9.17) is 0 Å². The van der Waals surface area contributed by atoms with Crippen molar-refractivity contribution in [3.63, 3.8) is 0 Å². The van der Waals surface area contributed by atoms with Gasteiger partial charge >= 0.3 is 0 Å². The van der Waals surface area contributed by atoms with Crippen molar-refractivity contribution in [1.29, 1.82) is 0 Å². The minimum absolute atomic E-state index is 0.902. The summed E-state index contributed by atoms with van der Waals surface area (Å²) in [5, 5.41) is 8.38. The molecule has 4 aromatic rings. The summed E-state index contributed by atoms with van der Waals surface area (Å²) in [7, 11) is 0. The quantitative estimate of drug-likeness (QED) is 0.537. The predicted molar refractivity (Wildman–Crippen MR) is 100.0 cm³/mol. The number of aryl methyl sites for hydroxylation is 1. The monoisotopic (exact) mass is 320 g/mol. The van der Waals surface area contributed by atoms with Crippen molar-refractivity contribution in [2.45, 2.75) is 26.6 Å². The van der Waals surface area contributed by atoms with Crippen molar-refractivity contribution in [3.8, 4) is 0 Å². The number of hydrogen-bond acceptors (Lipinski definition) is 2. The fourth-order valence-corrected chi connectivity index (χ4v) is 3.97. The summed E-state index contributed by atoms with van der Waals surface area (Å²) in [6.07, 6.45) is 0. The molecule has 4 rings (SSSR count). The number of rotatable bonds is 5. The highest BCUT2D eigenvalue weighted by atomic mass is 32.1. The molecule has 2 aromatic carbocycles. The van der Waals surface area contributed by atoms with E-state index < -0.39 is 0 Å². The van der Waals surface area contributed by atoms with Gasteiger partial charge in [0.1, 0.15) is 0 Å². The van der Waals surface area contributed by atoms with E-state index in [0.29, 0.717) is 0 Å². The lowest BCUT2D eigenvalue weighted by molar-refractivity contribution is 0.701. The van der Waals surface area contributed by atoms with E-state index >= 15 is 0 Å². The lowest BCUT2D eigenvalue weighted by Gasteiger charge is -2.06. The van der Waals surface area contributed by atoms with Gasteiger partial charge in [-0.2, -0.15) is 0 Å². The predicted octanol–water partition coefficient (Wildman–Crippen LogP) is 5.17. The fourth-order valence-electron chi connectivity index (χ4n) is 3.29. The molecular weight excluding hydrogens is 300 g/mol. The Kier molecular flexibility index (Phi) is 3.90. The zero-order chi connectivity index (χ0) is 15.6. The van der Waals surface area contributed by atoms with Crippen LogP contribution in [0.2, 0.25) is 0 Å². The molecule has 0 saturated heterocycles. The highest BCUT2D eigenvalue weighted by molar-refractivity contribution is 7.09. The lowest BCUT2D eigenvalue weighted by Crippen LogP contribution is -2.11. The number of thiophene rings is 1. The fraction of sp³-hybridized carbons (Fsp3) is 0.200. The van der Waals surface area contributed by atoms with Gasteiger partial charge in [-0.15, -0.1) is 11.3 Å². The molecule has 2 aromatic heterocycles. The van der Waals surface area contributed by atoms with E-state index in [1.165, 1.54) is 32.2 Å². The van der Waals surface area contributed by atoms with E-state index in [-0.39, 0.29) is 0 Å². The number of benzene rings is 2. The molecule has 0 fully saturated rings. The molecule has 0 amide bonds. The summed E-state index contributed by atoms with van der Waals surface area (Å²) >= 11 is 1.80. The third kappa shape index (κ3) is 2.67. The highest BCUT2D eigenvalue weighted by Crippen LogP contribution is 2.29. The Bertz CT molecular complexity index is 935. The summed E-state index contributed by atoms with van der Waals surface area (Å²) in [5.41, 5.74) is 4.00. The molecular formula is C20H20N2S. The van der Waals surface area contributed by atoms with Crippen LogP contribution in [0.3, 0.4) is 0 Å². The molecule has 0 aliphatic heterocycles. The van der Waals surface area contributed by atoms with Gasteiger partial charge in [0.15, 0.2) is 0 Å². The first-order valence-electron chi connectivity index (χ1n) is 8.10. The molecule has 0 aliphatic rings. The molecule has 1 N–H and O–H groups in total. The van der Waals surface area contributed by atoms with Gasteiger partial charge in [0.05, 0.1) is 0 Å². The van der Waals surface area contributed by atoms with Crippen molar-refractivity contribution < 1.29 is 0 Å². The number of para-hydroxylation sites is 1. The van der Waals surface area contributed by atoms with Crippen LogP contribution in [0.15, 0.2) is 60.0 Å². The van der Waals surface area contributed by atoms with Crippen LogP contribution in [0.4, 0.5) is 0 Å². The topological polar surface area (TPSA) is 17.0 Å². The molecule has 116 valence electrons. The van der Waals surface area contributed by atoms with Crippen molar-refractivity contribution >= 4 is 33.1 Å². The summed E-state index contributed by atoms with van der Waals surface area (Å²) in [6, 6.07) is 19.8. The standard InChI is InChI=1S/C20H20N2S/c1-2-22-19-8-4-3-7-17(19)18-12-15(9-10-20(18)22)13-21-14-16-6-5-11-23-16/h3-12,21H,2,13-14H2,1H3. The molecule has 2 nitrogen and oxygen atoms in total. The molecule has 0 spiro atoms. The van der Waals surface area contributed by atoms with Crippen LogP contribution < -0.4 is 5.32 Å². The Labute approximate surface area is 140 Å². The maximum atomic E-state index is 3.54. The Morgan fingerprint density at radius 3 is 2.61 bits per heavy atom. The summed E-state index contributed by atoms with van der Waals surface area (Å²) in [5.74, 6) is 0. The van der Waals surface area contributed by atoms with Crippen LogP contribution in [0, 0.1) is 0 Å². The second kappa shape index (κ2) is 6.19. The van der Waals surface area contributed by atoms with Crippen LogP contribution >= 0.6 is 11.3 Å². The number of nitrogens with one attached hydrogen (secondary N) is 1. The number of aromatic nitrogens is 1. The normalized spacial score (nSPS) is 11.5. The Hall–Kier alpha value is -2.10. The van der Waals surface area contributed by atoms with Crippen molar-refractivity contribution in [2.75, 3.05) is 0 Å². The maximum Gasteiger partial charge on any atom is 0.0491 e. The molecule has 0 unspecified atom stereocenters. The molecule has 2 heterocycles. The maximum absolute atomic E-state index is 3.54. The van der Waals surface area contributed by atoms with Gasteiger partial charge in [0.2, 0.25) is 0 Å². The summed E-state index contributed by atoms with van der Waals surface area (Å²) in [6.45, 7) is 5.05. The van der Waals surface area contributed by atoms with Gasteiger partial charge in [-0.25, -0.2) is 0 Å². The van der Waals surface area contributed by atoms with Gasteiger partial charge < -0.3 is 9.88 Å².